The van der Waals surface area contributed by atoms with Crippen molar-refractivity contribution >= 4 is 56.4 Å². The first-order valence-electron chi connectivity index (χ1n) is 9.86. The minimum absolute atomic E-state index is 0.0351. The maximum absolute atomic E-state index is 13.5. The van der Waals surface area contributed by atoms with Crippen LogP contribution in [0.2, 0.25) is 5.02 Å². The molecule has 3 aromatic rings. The Morgan fingerprint density at radius 3 is 2.45 bits per heavy atom. The van der Waals surface area contributed by atoms with E-state index in [9.17, 15) is 4.79 Å². The molecule has 8 heteroatoms. The predicted octanol–water partition coefficient (Wildman–Crippen LogP) is 4.77. The Morgan fingerprint density at radius 1 is 1.06 bits per heavy atom. The Kier molecular flexibility index (Phi) is 6.01. The van der Waals surface area contributed by atoms with Crippen LogP contribution in [0, 0.1) is 0 Å². The Balaban J connectivity index is 1.72. The molecule has 3 heterocycles. The molecule has 0 spiro atoms. The molecular weight excluding hydrogens is 468 g/mol. The molecule has 0 radical (unpaired) electrons. The summed E-state index contributed by atoms with van der Waals surface area (Å²) >= 11 is 11.1. The molecule has 0 aliphatic carbocycles. The van der Waals surface area contributed by atoms with Crippen molar-refractivity contribution in [2.24, 2.45) is 4.99 Å². The van der Waals surface area contributed by atoms with E-state index in [1.807, 2.05) is 53.1 Å². The molecule has 1 atom stereocenters. The second-order valence-corrected chi connectivity index (χ2v) is 11.0. The third-order valence-corrected chi connectivity index (χ3v) is 9.35. The summed E-state index contributed by atoms with van der Waals surface area (Å²) in [4.78, 5) is 19.1. The van der Waals surface area contributed by atoms with E-state index in [0.717, 1.165) is 47.7 Å². The normalized spacial score (nSPS) is 18.2. The van der Waals surface area contributed by atoms with E-state index in [1.54, 1.807) is 30.6 Å². The fraction of sp³-hybridized carbons (Fsp3) is 0.217. The van der Waals surface area contributed by atoms with E-state index in [0.29, 0.717) is 5.02 Å². The van der Waals surface area contributed by atoms with Gasteiger partial charge in [-0.3, -0.25) is 9.36 Å². The Bertz CT molecular complexity index is 1320. The molecule has 0 amide bonds. The molecule has 0 saturated carbocycles. The zero-order chi connectivity index (χ0) is 21.4. The van der Waals surface area contributed by atoms with Crippen molar-refractivity contribution in [3.8, 4) is 5.75 Å². The first-order valence-corrected chi connectivity index (χ1v) is 13.0. The van der Waals surface area contributed by atoms with Gasteiger partial charge in [0.15, 0.2) is 4.80 Å². The molecule has 1 fully saturated rings. The number of thioether (sulfide) groups is 2. The quantitative estimate of drug-likeness (QED) is 0.534. The number of hydrogen-bond acceptors (Lipinski definition) is 6. The van der Waals surface area contributed by atoms with Crippen LogP contribution in [0.15, 0.2) is 64.4 Å². The number of allylic oxidation sites excluding steroid dienone is 1. The van der Waals surface area contributed by atoms with Crippen LogP contribution in [-0.2, 0) is 0 Å². The van der Waals surface area contributed by atoms with E-state index >= 15 is 0 Å². The second kappa shape index (κ2) is 8.90. The Hall–Kier alpha value is -1.93. The lowest BCUT2D eigenvalue weighted by Crippen LogP contribution is -2.36. The third kappa shape index (κ3) is 4.12. The highest BCUT2D eigenvalue weighted by Crippen LogP contribution is 2.35. The number of hydrogen-bond donors (Lipinski definition) is 0. The summed E-state index contributed by atoms with van der Waals surface area (Å²) in [7, 11) is 1.65. The molecular formula is C23H19ClN2O2S3. The SMILES string of the molecule is COc1ccc([C@H]2C=C(c3ccc(Cl)cc3)N=c3sc(=C4SCCCS4)c(=O)n32)cc1. The average molecular weight is 487 g/mol. The number of benzene rings is 2. The summed E-state index contributed by atoms with van der Waals surface area (Å²) in [5, 5.41) is 0.685. The lowest BCUT2D eigenvalue weighted by Gasteiger charge is -2.20. The highest BCUT2D eigenvalue weighted by Gasteiger charge is 2.24. The zero-order valence-electron chi connectivity index (χ0n) is 16.7. The van der Waals surface area contributed by atoms with Gasteiger partial charge in [-0.25, -0.2) is 4.99 Å². The van der Waals surface area contributed by atoms with Gasteiger partial charge in [0.1, 0.15) is 10.3 Å². The van der Waals surface area contributed by atoms with Crippen LogP contribution in [0.25, 0.3) is 9.93 Å². The van der Waals surface area contributed by atoms with Gasteiger partial charge in [0.25, 0.3) is 5.56 Å². The van der Waals surface area contributed by atoms with Crippen LogP contribution >= 0.6 is 46.5 Å². The van der Waals surface area contributed by atoms with Crippen LogP contribution in [0.3, 0.4) is 0 Å². The maximum Gasteiger partial charge on any atom is 0.272 e. The van der Waals surface area contributed by atoms with Crippen LogP contribution < -0.4 is 19.6 Å². The van der Waals surface area contributed by atoms with Crippen molar-refractivity contribution in [3.05, 3.63) is 90.4 Å². The summed E-state index contributed by atoms with van der Waals surface area (Å²) in [6, 6.07) is 15.3. The molecule has 2 aliphatic heterocycles. The third-order valence-electron chi connectivity index (χ3n) is 5.16. The summed E-state index contributed by atoms with van der Waals surface area (Å²) in [6.45, 7) is 0. The van der Waals surface area contributed by atoms with Gasteiger partial charge in [-0.1, -0.05) is 47.2 Å². The number of ether oxygens (including phenoxy) is 1. The average Bonchev–Trinajstić information content (AvgIpc) is 3.16. The van der Waals surface area contributed by atoms with Crippen molar-refractivity contribution in [1.29, 1.82) is 0 Å². The molecule has 5 rings (SSSR count). The van der Waals surface area contributed by atoms with Crippen molar-refractivity contribution in [3.63, 3.8) is 0 Å². The van der Waals surface area contributed by atoms with Crippen LogP contribution in [0.4, 0.5) is 0 Å². The van der Waals surface area contributed by atoms with Crippen molar-refractivity contribution in [2.75, 3.05) is 18.6 Å². The number of nitrogens with zero attached hydrogens (tertiary/aromatic N) is 2. The van der Waals surface area contributed by atoms with Crippen molar-refractivity contribution < 1.29 is 4.74 Å². The molecule has 0 bridgehead atoms. The lowest BCUT2D eigenvalue weighted by molar-refractivity contribution is 0.414. The van der Waals surface area contributed by atoms with Gasteiger partial charge in [0, 0.05) is 10.6 Å². The van der Waals surface area contributed by atoms with Gasteiger partial charge in [-0.15, -0.1) is 23.5 Å². The van der Waals surface area contributed by atoms with Gasteiger partial charge < -0.3 is 4.74 Å². The molecule has 4 nitrogen and oxygen atoms in total. The van der Waals surface area contributed by atoms with Crippen LogP contribution in [-0.4, -0.2) is 23.2 Å². The van der Waals surface area contributed by atoms with Crippen LogP contribution in [0.5, 0.6) is 5.75 Å². The second-order valence-electron chi connectivity index (χ2n) is 7.12. The standard InChI is InChI=1S/C23H19ClN2O2S3/c1-28-17-9-5-15(6-10-17)19-13-18(14-3-7-16(24)8-4-14)25-23-26(19)21(27)20(31-23)22-29-11-2-12-30-22/h3-10,13,19H,2,11-12H2,1H3/t19-/m1/s1. The summed E-state index contributed by atoms with van der Waals surface area (Å²) in [5.41, 5.74) is 2.88. The van der Waals surface area contributed by atoms with Crippen LogP contribution in [0.1, 0.15) is 23.6 Å². The highest BCUT2D eigenvalue weighted by molar-refractivity contribution is 8.30. The molecule has 158 valence electrons. The van der Waals surface area contributed by atoms with Crippen molar-refractivity contribution in [2.45, 2.75) is 12.5 Å². The molecule has 1 aromatic heterocycles. The minimum atomic E-state index is -0.235. The van der Waals surface area contributed by atoms with E-state index in [1.165, 1.54) is 17.8 Å². The Morgan fingerprint density at radius 2 is 1.77 bits per heavy atom. The number of methoxy groups -OCH3 is 1. The molecule has 2 aliphatic rings. The summed E-state index contributed by atoms with van der Waals surface area (Å²) < 4.78 is 9.06. The summed E-state index contributed by atoms with van der Waals surface area (Å²) in [6.07, 6.45) is 3.23. The van der Waals surface area contributed by atoms with Gasteiger partial charge in [-0.05, 0) is 53.8 Å². The fourth-order valence-corrected chi connectivity index (χ4v) is 7.61. The number of halogens is 1. The Labute approximate surface area is 197 Å². The van der Waals surface area contributed by atoms with E-state index in [-0.39, 0.29) is 11.6 Å². The smallest absolute Gasteiger partial charge is 0.272 e. The molecule has 0 unspecified atom stereocenters. The van der Waals surface area contributed by atoms with E-state index < -0.39 is 0 Å². The van der Waals surface area contributed by atoms with Gasteiger partial charge in [-0.2, -0.15) is 0 Å². The van der Waals surface area contributed by atoms with E-state index in [4.69, 9.17) is 21.3 Å². The van der Waals surface area contributed by atoms with Gasteiger partial charge in [0.2, 0.25) is 0 Å². The monoisotopic (exact) mass is 486 g/mol. The fourth-order valence-electron chi connectivity index (χ4n) is 3.58. The zero-order valence-corrected chi connectivity index (χ0v) is 19.9. The maximum atomic E-state index is 13.5. The summed E-state index contributed by atoms with van der Waals surface area (Å²) in [5.74, 6) is 2.90. The minimum Gasteiger partial charge on any atom is -0.497 e. The molecule has 2 aromatic carbocycles. The highest BCUT2D eigenvalue weighted by atomic mass is 35.5. The first kappa shape index (κ1) is 20.9. The van der Waals surface area contributed by atoms with Gasteiger partial charge in [0.05, 0.1) is 23.1 Å². The largest absolute Gasteiger partial charge is 0.497 e. The number of rotatable bonds is 3. The predicted molar refractivity (Wildman–Crippen MR) is 133 cm³/mol. The lowest BCUT2D eigenvalue weighted by atomic mass is 10.0. The first-order chi connectivity index (χ1) is 15.1. The molecule has 31 heavy (non-hydrogen) atoms. The molecule has 1 saturated heterocycles. The molecule has 0 N–H and O–H groups in total. The number of aromatic nitrogens is 1. The van der Waals surface area contributed by atoms with Crippen molar-refractivity contribution in [1.82, 2.24) is 4.57 Å². The number of thiazole rings is 1. The topological polar surface area (TPSA) is 43.6 Å². The van der Waals surface area contributed by atoms with Gasteiger partial charge >= 0.3 is 0 Å². The number of fused-ring (bicyclic) bond motifs is 1. The van der Waals surface area contributed by atoms with E-state index in [2.05, 4.69) is 6.08 Å².